The molecule has 0 unspecified atom stereocenters. The summed E-state index contributed by atoms with van der Waals surface area (Å²) in [4.78, 5) is 9.94. The standard InChI is InChI=1S/C52H34N4/c1-5-17-35(18-6-1)47-43-31-27-39-40-28-32-44-48(36-19-7-2-8-20-36)50(38-23-11-4-12-24-38)56(46-26-14-16-34-54-46)52(44)42(40)30-29-41(39)51(43)55(45-25-13-15-33-53-45)49(47)37-21-9-3-10-22-37/h1-34H. The Morgan fingerprint density at radius 1 is 0.268 bits per heavy atom. The zero-order valence-corrected chi connectivity index (χ0v) is 30.4. The summed E-state index contributed by atoms with van der Waals surface area (Å²) in [7, 11) is 0. The van der Waals surface area contributed by atoms with Crippen LogP contribution in [0.1, 0.15) is 0 Å². The van der Waals surface area contributed by atoms with Crippen molar-refractivity contribution in [2.24, 2.45) is 0 Å². The van der Waals surface area contributed by atoms with E-state index in [1.54, 1.807) is 0 Å². The van der Waals surface area contributed by atoms with E-state index in [2.05, 4.69) is 191 Å². The minimum atomic E-state index is 0.880. The quantitative estimate of drug-likeness (QED) is 0.161. The van der Waals surface area contributed by atoms with Crippen molar-refractivity contribution in [3.05, 3.63) is 207 Å². The van der Waals surface area contributed by atoms with Crippen molar-refractivity contribution < 1.29 is 0 Å². The Labute approximate surface area is 324 Å². The van der Waals surface area contributed by atoms with Crippen LogP contribution in [0, 0.1) is 0 Å². The maximum absolute atomic E-state index is 4.97. The lowest BCUT2D eigenvalue weighted by molar-refractivity contribution is 1.05. The predicted molar refractivity (Wildman–Crippen MR) is 232 cm³/mol. The van der Waals surface area contributed by atoms with E-state index >= 15 is 0 Å². The largest absolute Gasteiger partial charge is 0.293 e. The van der Waals surface area contributed by atoms with Gasteiger partial charge in [0.05, 0.1) is 22.4 Å². The van der Waals surface area contributed by atoms with Crippen LogP contribution in [0.25, 0.3) is 99.8 Å². The third kappa shape index (κ3) is 4.93. The van der Waals surface area contributed by atoms with Crippen LogP contribution in [0.5, 0.6) is 0 Å². The van der Waals surface area contributed by atoms with Crippen molar-refractivity contribution in [2.45, 2.75) is 0 Å². The smallest absolute Gasteiger partial charge is 0.137 e. The zero-order chi connectivity index (χ0) is 37.0. The Morgan fingerprint density at radius 3 is 0.946 bits per heavy atom. The molecule has 0 atom stereocenters. The fourth-order valence-corrected chi connectivity index (χ4v) is 8.74. The number of pyridine rings is 2. The van der Waals surface area contributed by atoms with Crippen molar-refractivity contribution in [3.63, 3.8) is 0 Å². The molecule has 4 nitrogen and oxygen atoms in total. The third-order valence-electron chi connectivity index (χ3n) is 11.0. The molecule has 0 aliphatic heterocycles. The molecule has 56 heavy (non-hydrogen) atoms. The number of hydrogen-bond acceptors (Lipinski definition) is 2. The first-order chi connectivity index (χ1) is 27.8. The molecule has 11 aromatic rings. The fraction of sp³-hybridized carbons (Fsp3) is 0. The second kappa shape index (κ2) is 13.1. The highest BCUT2D eigenvalue weighted by molar-refractivity contribution is 6.26. The molecular weight excluding hydrogens is 681 g/mol. The summed E-state index contributed by atoms with van der Waals surface area (Å²) in [5.74, 6) is 1.76. The van der Waals surface area contributed by atoms with E-state index in [9.17, 15) is 0 Å². The summed E-state index contributed by atoms with van der Waals surface area (Å²) in [6.07, 6.45) is 3.77. The maximum atomic E-state index is 4.97. The molecule has 7 aromatic carbocycles. The van der Waals surface area contributed by atoms with E-state index in [0.717, 1.165) is 45.2 Å². The summed E-state index contributed by atoms with van der Waals surface area (Å²) >= 11 is 0. The Bertz CT molecular complexity index is 2970. The molecule has 0 fully saturated rings. The molecule has 262 valence electrons. The SMILES string of the molecule is c1ccc(-c2c(-c3ccccc3)n(-c3ccccn3)c3c2ccc2c4ccc5c(-c6ccccc6)c(-c6ccccc6)n(-c6ccccn6)c5c4ccc23)cc1. The minimum absolute atomic E-state index is 0.880. The molecule has 0 N–H and O–H groups in total. The van der Waals surface area contributed by atoms with Gasteiger partial charge in [0.25, 0.3) is 0 Å². The van der Waals surface area contributed by atoms with Gasteiger partial charge in [-0.25, -0.2) is 9.97 Å². The summed E-state index contributed by atoms with van der Waals surface area (Å²) in [5.41, 5.74) is 11.5. The summed E-state index contributed by atoms with van der Waals surface area (Å²) < 4.78 is 4.74. The Kier molecular flexibility index (Phi) is 7.46. The van der Waals surface area contributed by atoms with Gasteiger partial charge in [-0.05, 0) is 57.3 Å². The van der Waals surface area contributed by atoms with Crippen molar-refractivity contribution in [2.75, 3.05) is 0 Å². The normalized spacial score (nSPS) is 11.6. The van der Waals surface area contributed by atoms with E-state index in [-0.39, 0.29) is 0 Å². The van der Waals surface area contributed by atoms with Gasteiger partial charge in [-0.3, -0.25) is 9.13 Å². The number of nitrogens with zero attached hydrogens (tertiary/aromatic N) is 4. The average Bonchev–Trinajstić information content (AvgIpc) is 3.83. The van der Waals surface area contributed by atoms with Gasteiger partial charge in [0.1, 0.15) is 11.6 Å². The molecule has 4 heterocycles. The van der Waals surface area contributed by atoms with Crippen LogP contribution < -0.4 is 0 Å². The van der Waals surface area contributed by atoms with Gasteiger partial charge >= 0.3 is 0 Å². The van der Waals surface area contributed by atoms with Gasteiger partial charge in [0, 0.05) is 45.1 Å². The van der Waals surface area contributed by atoms with Crippen LogP contribution in [0.15, 0.2) is 207 Å². The van der Waals surface area contributed by atoms with E-state index < -0.39 is 0 Å². The molecular formula is C52H34N4. The van der Waals surface area contributed by atoms with Gasteiger partial charge in [-0.2, -0.15) is 0 Å². The highest BCUT2D eigenvalue weighted by Gasteiger charge is 2.26. The monoisotopic (exact) mass is 714 g/mol. The number of rotatable bonds is 6. The fourth-order valence-electron chi connectivity index (χ4n) is 8.74. The van der Waals surface area contributed by atoms with Gasteiger partial charge in [-0.1, -0.05) is 170 Å². The van der Waals surface area contributed by atoms with Crippen molar-refractivity contribution in [3.8, 4) is 56.4 Å². The topological polar surface area (TPSA) is 35.6 Å². The van der Waals surface area contributed by atoms with Crippen molar-refractivity contribution in [1.29, 1.82) is 0 Å². The lowest BCUT2D eigenvalue weighted by atomic mass is 9.94. The number of benzene rings is 7. The van der Waals surface area contributed by atoms with Crippen LogP contribution in [0.2, 0.25) is 0 Å². The summed E-state index contributed by atoms with van der Waals surface area (Å²) in [6.45, 7) is 0. The molecule has 0 spiro atoms. The number of aromatic nitrogens is 4. The molecule has 0 saturated carbocycles. The van der Waals surface area contributed by atoms with Gasteiger partial charge < -0.3 is 0 Å². The van der Waals surface area contributed by atoms with Gasteiger partial charge in [0.2, 0.25) is 0 Å². The Balaban J connectivity index is 1.31. The van der Waals surface area contributed by atoms with E-state index in [0.29, 0.717) is 0 Å². The van der Waals surface area contributed by atoms with Gasteiger partial charge in [-0.15, -0.1) is 0 Å². The Morgan fingerprint density at radius 2 is 0.589 bits per heavy atom. The van der Waals surface area contributed by atoms with Crippen LogP contribution in [0.4, 0.5) is 0 Å². The van der Waals surface area contributed by atoms with E-state index in [4.69, 9.17) is 9.97 Å². The lowest BCUT2D eigenvalue weighted by Crippen LogP contribution is -2.01. The van der Waals surface area contributed by atoms with Crippen LogP contribution in [0.3, 0.4) is 0 Å². The lowest BCUT2D eigenvalue weighted by Gasteiger charge is -2.14. The average molecular weight is 715 g/mol. The van der Waals surface area contributed by atoms with Crippen molar-refractivity contribution >= 4 is 43.4 Å². The van der Waals surface area contributed by atoms with Crippen molar-refractivity contribution in [1.82, 2.24) is 19.1 Å². The molecule has 11 rings (SSSR count). The highest BCUT2D eigenvalue weighted by Crippen LogP contribution is 2.48. The zero-order valence-electron chi connectivity index (χ0n) is 30.4. The molecule has 4 heteroatoms. The summed E-state index contributed by atoms with van der Waals surface area (Å²) in [6, 6.07) is 69.2. The second-order valence-corrected chi connectivity index (χ2v) is 14.1. The number of hydrogen-bond donors (Lipinski definition) is 0. The van der Waals surface area contributed by atoms with Crippen LogP contribution in [-0.4, -0.2) is 19.1 Å². The Hall–Kier alpha value is -7.56. The number of fused-ring (bicyclic) bond motifs is 7. The first-order valence-corrected chi connectivity index (χ1v) is 19.0. The third-order valence-corrected chi connectivity index (χ3v) is 11.0. The molecule has 4 aromatic heterocycles. The molecule has 0 saturated heterocycles. The molecule has 0 amide bonds. The molecule has 0 bridgehead atoms. The van der Waals surface area contributed by atoms with Gasteiger partial charge in [0.15, 0.2) is 0 Å². The van der Waals surface area contributed by atoms with E-state index in [1.807, 2.05) is 24.5 Å². The molecule has 0 aliphatic carbocycles. The molecule has 0 aliphatic rings. The summed E-state index contributed by atoms with van der Waals surface area (Å²) in [5, 5.41) is 7.07. The maximum Gasteiger partial charge on any atom is 0.137 e. The minimum Gasteiger partial charge on any atom is -0.293 e. The highest BCUT2D eigenvalue weighted by atomic mass is 15.1. The van der Waals surface area contributed by atoms with Crippen LogP contribution >= 0.6 is 0 Å². The predicted octanol–water partition coefficient (Wildman–Crippen LogP) is 13.3. The molecule has 0 radical (unpaired) electrons. The van der Waals surface area contributed by atoms with Crippen LogP contribution in [-0.2, 0) is 0 Å². The van der Waals surface area contributed by atoms with E-state index in [1.165, 1.54) is 54.6 Å². The second-order valence-electron chi connectivity index (χ2n) is 14.1. The first kappa shape index (κ1) is 31.9. The first-order valence-electron chi connectivity index (χ1n) is 19.0.